The van der Waals surface area contributed by atoms with Gasteiger partial charge >= 0.3 is 6.09 Å². The molecule has 6 rings (SSSR count). The average Bonchev–Trinajstić information content (AvgIpc) is 3.54. The van der Waals surface area contributed by atoms with Gasteiger partial charge in [-0.25, -0.2) is 14.8 Å². The molecule has 1 aliphatic rings. The average molecular weight is 804 g/mol. The fourth-order valence-corrected chi connectivity index (χ4v) is 7.12. The highest BCUT2D eigenvalue weighted by Crippen LogP contribution is 2.42. The van der Waals surface area contributed by atoms with Gasteiger partial charge in [0, 0.05) is 77.7 Å². The first kappa shape index (κ1) is 40.6. The monoisotopic (exact) mass is 802 g/mol. The van der Waals surface area contributed by atoms with Crippen molar-refractivity contribution in [1.29, 1.82) is 0 Å². The molecule has 2 aromatic carbocycles. The predicted molar refractivity (Wildman–Crippen MR) is 214 cm³/mol. The summed E-state index contributed by atoms with van der Waals surface area (Å²) in [7, 11) is 1.51. The lowest BCUT2D eigenvalue weighted by atomic mass is 9.97. The van der Waals surface area contributed by atoms with E-state index >= 15 is 0 Å². The number of fused-ring (bicyclic) bond motifs is 1. The Morgan fingerprint density at radius 2 is 1.64 bits per heavy atom. The molecule has 56 heavy (non-hydrogen) atoms. The van der Waals surface area contributed by atoms with E-state index in [0.717, 1.165) is 0 Å². The number of pyridine rings is 2. The molecule has 1 aliphatic heterocycles. The first-order valence-corrected chi connectivity index (χ1v) is 18.8. The van der Waals surface area contributed by atoms with Crippen LogP contribution in [0.5, 0.6) is 5.88 Å². The van der Waals surface area contributed by atoms with Crippen LogP contribution in [-0.2, 0) is 22.6 Å². The number of hydrogen-bond acceptors (Lipinski definition) is 10. The first-order chi connectivity index (χ1) is 26.5. The fraction of sp³-hybridized carbons (Fsp3) is 0.341. The van der Waals surface area contributed by atoms with Crippen LogP contribution in [0.3, 0.4) is 0 Å². The van der Waals surface area contributed by atoms with Crippen molar-refractivity contribution in [3.63, 3.8) is 0 Å². The minimum absolute atomic E-state index is 0.0462. The van der Waals surface area contributed by atoms with Crippen LogP contribution in [0.15, 0.2) is 77.7 Å². The molecule has 1 atom stereocenters. The first-order valence-electron chi connectivity index (χ1n) is 18.1. The van der Waals surface area contributed by atoms with Gasteiger partial charge < -0.3 is 35.2 Å². The van der Waals surface area contributed by atoms with Crippen molar-refractivity contribution in [3.05, 3.63) is 105 Å². The fourth-order valence-electron chi connectivity index (χ4n) is 6.46. The second kappa shape index (κ2) is 16.6. The molecule has 4 heterocycles. The van der Waals surface area contributed by atoms with Gasteiger partial charge in [-0.2, -0.15) is 0 Å². The Kier molecular flexibility index (Phi) is 12.0. The summed E-state index contributed by atoms with van der Waals surface area (Å²) in [4.78, 5) is 49.2. The normalized spacial score (nSPS) is 14.5. The lowest BCUT2D eigenvalue weighted by Crippen LogP contribution is -2.43. The van der Waals surface area contributed by atoms with E-state index in [1.165, 1.54) is 24.5 Å². The molecule has 0 radical (unpaired) electrons. The van der Waals surface area contributed by atoms with Crippen LogP contribution >= 0.6 is 23.2 Å². The van der Waals surface area contributed by atoms with Gasteiger partial charge in [0.2, 0.25) is 11.8 Å². The number of rotatable bonds is 12. The summed E-state index contributed by atoms with van der Waals surface area (Å²) in [6.45, 7) is 7.15. The molecule has 1 saturated heterocycles. The smallest absolute Gasteiger partial charge is 0.410 e. The van der Waals surface area contributed by atoms with E-state index in [-0.39, 0.29) is 43.7 Å². The van der Waals surface area contributed by atoms with Crippen LogP contribution < -0.4 is 20.9 Å². The molecular weight excluding hydrogens is 759 g/mol. The molecule has 5 aromatic rings. The molecule has 4 N–H and O–H groups in total. The second-order valence-corrected chi connectivity index (χ2v) is 15.7. The molecule has 1 fully saturated rings. The van der Waals surface area contributed by atoms with E-state index in [2.05, 4.69) is 15.6 Å². The molecule has 294 valence electrons. The van der Waals surface area contributed by atoms with Crippen molar-refractivity contribution in [2.24, 2.45) is 0 Å². The minimum Gasteiger partial charge on any atom is -0.481 e. The van der Waals surface area contributed by atoms with Crippen molar-refractivity contribution in [2.45, 2.75) is 71.1 Å². The van der Waals surface area contributed by atoms with Gasteiger partial charge in [0.1, 0.15) is 11.2 Å². The Balaban J connectivity index is 1.28. The van der Waals surface area contributed by atoms with Crippen molar-refractivity contribution in [2.75, 3.05) is 20.2 Å². The molecule has 0 unspecified atom stereocenters. The van der Waals surface area contributed by atoms with Gasteiger partial charge in [0.15, 0.2) is 5.79 Å². The van der Waals surface area contributed by atoms with Crippen LogP contribution in [0.1, 0.15) is 51.8 Å². The zero-order chi connectivity index (χ0) is 40.4. The summed E-state index contributed by atoms with van der Waals surface area (Å²) < 4.78 is 12.8. The molecule has 15 heteroatoms. The highest BCUT2D eigenvalue weighted by molar-refractivity contribution is 6.39. The van der Waals surface area contributed by atoms with Crippen molar-refractivity contribution < 1.29 is 29.3 Å². The summed E-state index contributed by atoms with van der Waals surface area (Å²) in [5.41, 5.74) is 4.35. The number of methoxy groups -OCH3 is 1. The number of amides is 2. The van der Waals surface area contributed by atoms with Gasteiger partial charge in [-0.1, -0.05) is 59.6 Å². The molecule has 2 amide bonds. The highest BCUT2D eigenvalue weighted by atomic mass is 35.5. The minimum atomic E-state index is -1.89. The Morgan fingerprint density at radius 3 is 2.29 bits per heavy atom. The van der Waals surface area contributed by atoms with E-state index in [1.807, 2.05) is 54.6 Å². The molecule has 0 aliphatic carbocycles. The van der Waals surface area contributed by atoms with Gasteiger partial charge in [-0.15, -0.1) is 0 Å². The third kappa shape index (κ3) is 9.66. The Bertz CT molecular complexity index is 2340. The number of halogens is 2. The maximum atomic E-state index is 13.3. The lowest BCUT2D eigenvalue weighted by molar-refractivity contribution is -0.140. The number of nitrogens with zero attached hydrogens (tertiary/aromatic N) is 4. The highest BCUT2D eigenvalue weighted by Gasteiger charge is 2.29. The van der Waals surface area contributed by atoms with Crippen LogP contribution in [0.25, 0.3) is 39.2 Å². The Labute approximate surface area is 334 Å². The third-order valence-electron chi connectivity index (χ3n) is 9.02. The van der Waals surface area contributed by atoms with Crippen LogP contribution in [0, 0.1) is 0 Å². The number of aliphatic hydroxyl groups is 2. The number of benzene rings is 2. The van der Waals surface area contributed by atoms with E-state index in [1.54, 1.807) is 37.9 Å². The number of ether oxygens (including phenoxy) is 2. The molecule has 0 spiro atoms. The van der Waals surface area contributed by atoms with E-state index in [9.17, 15) is 24.6 Å². The number of aromatic nitrogens is 3. The quantitative estimate of drug-likeness (QED) is 0.107. The summed E-state index contributed by atoms with van der Waals surface area (Å²) in [5, 5.41) is 25.7. The van der Waals surface area contributed by atoms with Crippen molar-refractivity contribution >= 4 is 40.8 Å². The third-order valence-corrected chi connectivity index (χ3v) is 9.84. The maximum Gasteiger partial charge on any atom is 0.410 e. The number of carbonyl (C=O) groups excluding carboxylic acids is 2. The zero-order valence-corrected chi connectivity index (χ0v) is 33.2. The summed E-state index contributed by atoms with van der Waals surface area (Å²) in [5.74, 6) is -1.63. The molecular formula is C41H44Cl2N6O7. The van der Waals surface area contributed by atoms with Gasteiger partial charge in [-0.05, 0) is 58.4 Å². The molecule has 0 saturated carbocycles. The number of hydrogen-bond donors (Lipinski definition) is 4. The predicted octanol–water partition coefficient (Wildman–Crippen LogP) is 6.21. The van der Waals surface area contributed by atoms with Gasteiger partial charge in [0.05, 0.1) is 35.1 Å². The Morgan fingerprint density at radius 1 is 0.964 bits per heavy atom. The van der Waals surface area contributed by atoms with Crippen molar-refractivity contribution in [1.82, 2.24) is 29.9 Å². The van der Waals surface area contributed by atoms with E-state index < -0.39 is 17.5 Å². The molecule has 0 bridgehead atoms. The zero-order valence-electron chi connectivity index (χ0n) is 31.7. The summed E-state index contributed by atoms with van der Waals surface area (Å²) in [6.07, 6.45) is 2.19. The molecule has 13 nitrogen and oxygen atoms in total. The van der Waals surface area contributed by atoms with Crippen LogP contribution in [0.4, 0.5) is 4.79 Å². The van der Waals surface area contributed by atoms with E-state index in [4.69, 9.17) is 37.7 Å². The van der Waals surface area contributed by atoms with Gasteiger partial charge in [0.25, 0.3) is 5.56 Å². The standard InChI is InChI=1S/C41H44Cl2N6O7/c1-40(2,3)56-39(52)48(22-26-14-17-34(50)46-26)20-25-12-15-32(47-38(25)55-5)31-11-7-10-30(37(31)43)29-9-6-8-28(36(29)42)24-13-16-33-45-27(18-35(51)49(33)21-24)19-44-23-41(4,53)54/h6-13,15-16,18,21,26,44,53-54H,14,17,19-20,22-23H2,1-5H3,(H,46,50)/t26-/m0/s1. The summed E-state index contributed by atoms with van der Waals surface area (Å²) in [6, 6.07) is 19.5. The van der Waals surface area contributed by atoms with E-state index in [0.29, 0.717) is 79.2 Å². The Hall–Kier alpha value is -5.05. The number of nitrogens with one attached hydrogen (secondary N) is 2. The lowest BCUT2D eigenvalue weighted by Gasteiger charge is -2.29. The number of carbonyl (C=O) groups is 2. The van der Waals surface area contributed by atoms with Crippen LogP contribution in [0.2, 0.25) is 10.0 Å². The van der Waals surface area contributed by atoms with Gasteiger partial charge in [-0.3, -0.25) is 14.0 Å². The summed E-state index contributed by atoms with van der Waals surface area (Å²) >= 11 is 14.2. The SMILES string of the molecule is COc1nc(-c2cccc(-c3cccc(-c4ccc5nc(CNCC(C)(O)O)cc(=O)n5c4)c3Cl)c2Cl)ccc1CN(C[C@@H]1CCC(=O)N1)C(=O)OC(C)(C)C. The van der Waals surface area contributed by atoms with Crippen molar-refractivity contribution in [3.8, 4) is 39.4 Å². The largest absolute Gasteiger partial charge is 0.481 e. The topological polar surface area (TPSA) is 168 Å². The molecule has 3 aromatic heterocycles. The maximum absolute atomic E-state index is 13.3. The second-order valence-electron chi connectivity index (χ2n) is 14.9. The van der Waals surface area contributed by atoms with Crippen LogP contribution in [-0.4, -0.2) is 79.1 Å².